The molecule has 102 valence electrons. The van der Waals surface area contributed by atoms with Crippen LogP contribution >= 0.6 is 15.9 Å². The molecule has 0 fully saturated rings. The van der Waals surface area contributed by atoms with E-state index < -0.39 is 22.1 Å². The Balaban J connectivity index is 2.40. The molecule has 0 atom stereocenters. The second-order valence-electron chi connectivity index (χ2n) is 3.63. The Hall–Kier alpha value is -2.48. The molecule has 0 saturated heterocycles. The van der Waals surface area contributed by atoms with E-state index in [1.54, 1.807) is 12.1 Å². The fraction of sp³-hybridized carbons (Fsp3) is 0. The molecule has 20 heavy (non-hydrogen) atoms. The number of rotatable bonds is 4. The van der Waals surface area contributed by atoms with Crippen molar-refractivity contribution in [2.24, 2.45) is 0 Å². The van der Waals surface area contributed by atoms with Gasteiger partial charge in [0.1, 0.15) is 11.3 Å². The van der Waals surface area contributed by atoms with Crippen LogP contribution in [0.4, 0.5) is 5.69 Å². The second-order valence-corrected chi connectivity index (χ2v) is 4.49. The van der Waals surface area contributed by atoms with Gasteiger partial charge >= 0.3 is 5.97 Å². The van der Waals surface area contributed by atoms with Gasteiger partial charge in [0.15, 0.2) is 0 Å². The highest BCUT2D eigenvalue weighted by atomic mass is 79.9. The van der Waals surface area contributed by atoms with Crippen LogP contribution < -0.4 is 4.74 Å². The van der Waals surface area contributed by atoms with Crippen LogP contribution in [0, 0.1) is 10.1 Å². The van der Waals surface area contributed by atoms with Crippen LogP contribution in [-0.2, 0) is 0 Å². The van der Waals surface area contributed by atoms with E-state index in [2.05, 4.69) is 20.9 Å². The molecule has 0 spiro atoms. The number of carboxylic acid groups (broad SMARTS) is 1. The van der Waals surface area contributed by atoms with Crippen LogP contribution in [0.15, 0.2) is 41.0 Å². The average molecular weight is 339 g/mol. The van der Waals surface area contributed by atoms with Crippen molar-refractivity contribution in [3.05, 3.63) is 56.7 Å². The average Bonchev–Trinajstić information content (AvgIpc) is 2.41. The largest absolute Gasteiger partial charge is 0.477 e. The van der Waals surface area contributed by atoms with Gasteiger partial charge in [0.25, 0.3) is 5.69 Å². The van der Waals surface area contributed by atoms with Gasteiger partial charge in [0, 0.05) is 18.3 Å². The van der Waals surface area contributed by atoms with Crippen molar-refractivity contribution in [2.45, 2.75) is 0 Å². The molecule has 0 aliphatic carbocycles. The summed E-state index contributed by atoms with van der Waals surface area (Å²) in [6.07, 6.45) is 1.50. The summed E-state index contributed by atoms with van der Waals surface area (Å²) in [6, 6.07) is 6.87. The monoisotopic (exact) mass is 338 g/mol. The highest BCUT2D eigenvalue weighted by Gasteiger charge is 2.20. The molecule has 0 amide bonds. The molecule has 2 aromatic rings. The van der Waals surface area contributed by atoms with E-state index in [9.17, 15) is 14.9 Å². The van der Waals surface area contributed by atoms with Crippen LogP contribution in [-0.4, -0.2) is 21.0 Å². The summed E-state index contributed by atoms with van der Waals surface area (Å²) in [6.45, 7) is 0. The number of carbonyl (C=O) groups is 1. The van der Waals surface area contributed by atoms with Gasteiger partial charge < -0.3 is 9.84 Å². The third kappa shape index (κ3) is 2.91. The standard InChI is InChI=1S/C12H7BrN2O5/c13-9-2-1-5-14-11(9)20-7-3-4-10(15(18)19)8(6-7)12(16)17/h1-6H,(H,16,17). The number of nitrogens with zero attached hydrogens (tertiary/aromatic N) is 2. The number of aromatic carboxylic acids is 1. The van der Waals surface area contributed by atoms with E-state index in [0.717, 1.165) is 12.1 Å². The molecule has 2 rings (SSSR count). The van der Waals surface area contributed by atoms with Crippen LogP contribution in [0.5, 0.6) is 11.6 Å². The minimum atomic E-state index is -1.40. The number of ether oxygens (including phenoxy) is 1. The Morgan fingerprint density at radius 3 is 2.75 bits per heavy atom. The zero-order chi connectivity index (χ0) is 14.7. The van der Waals surface area contributed by atoms with Crippen molar-refractivity contribution >= 4 is 27.6 Å². The number of hydrogen-bond donors (Lipinski definition) is 1. The smallest absolute Gasteiger partial charge is 0.342 e. The predicted octanol–water partition coefficient (Wildman–Crippen LogP) is 3.24. The minimum Gasteiger partial charge on any atom is -0.477 e. The van der Waals surface area contributed by atoms with Gasteiger partial charge in [-0.25, -0.2) is 9.78 Å². The summed E-state index contributed by atoms with van der Waals surface area (Å²) in [5.41, 5.74) is -0.940. The van der Waals surface area contributed by atoms with Crippen LogP contribution in [0.25, 0.3) is 0 Å². The van der Waals surface area contributed by atoms with Gasteiger partial charge in [-0.3, -0.25) is 10.1 Å². The Morgan fingerprint density at radius 1 is 1.40 bits per heavy atom. The quantitative estimate of drug-likeness (QED) is 0.678. The molecule has 7 nitrogen and oxygen atoms in total. The first-order valence-electron chi connectivity index (χ1n) is 5.29. The number of carboxylic acids is 1. The molecule has 0 bridgehead atoms. The van der Waals surface area contributed by atoms with E-state index in [-0.39, 0.29) is 11.6 Å². The number of pyridine rings is 1. The van der Waals surface area contributed by atoms with Gasteiger partial charge in [-0.1, -0.05) is 0 Å². The van der Waals surface area contributed by atoms with E-state index in [1.165, 1.54) is 12.3 Å². The Bertz CT molecular complexity index is 689. The third-order valence-corrected chi connectivity index (χ3v) is 2.94. The van der Waals surface area contributed by atoms with Crippen molar-refractivity contribution < 1.29 is 19.6 Å². The van der Waals surface area contributed by atoms with Gasteiger partial charge in [-0.2, -0.15) is 0 Å². The molecule has 1 heterocycles. The maximum Gasteiger partial charge on any atom is 0.342 e. The zero-order valence-electron chi connectivity index (χ0n) is 9.82. The summed E-state index contributed by atoms with van der Waals surface area (Å²) in [5, 5.41) is 19.7. The first-order chi connectivity index (χ1) is 9.49. The fourth-order valence-corrected chi connectivity index (χ4v) is 1.80. The van der Waals surface area contributed by atoms with E-state index in [0.29, 0.717) is 4.47 Å². The number of aromatic nitrogens is 1. The topological polar surface area (TPSA) is 103 Å². The van der Waals surface area contributed by atoms with E-state index in [1.807, 2.05) is 0 Å². The SMILES string of the molecule is O=C(O)c1cc(Oc2ncccc2Br)ccc1[N+](=O)[O-]. The molecule has 1 aromatic heterocycles. The molecule has 1 aromatic carbocycles. The summed E-state index contributed by atoms with van der Waals surface area (Å²) >= 11 is 3.23. The highest BCUT2D eigenvalue weighted by molar-refractivity contribution is 9.10. The number of benzene rings is 1. The Morgan fingerprint density at radius 2 is 2.15 bits per heavy atom. The molecule has 0 saturated carbocycles. The van der Waals surface area contributed by atoms with Crippen molar-refractivity contribution in [1.82, 2.24) is 4.98 Å². The highest BCUT2D eigenvalue weighted by Crippen LogP contribution is 2.30. The van der Waals surface area contributed by atoms with Crippen molar-refractivity contribution in [3.63, 3.8) is 0 Å². The van der Waals surface area contributed by atoms with Gasteiger partial charge in [-0.05, 0) is 34.1 Å². The first kappa shape index (κ1) is 13.9. The van der Waals surface area contributed by atoms with Crippen LogP contribution in [0.1, 0.15) is 10.4 Å². The lowest BCUT2D eigenvalue weighted by Crippen LogP contribution is -2.03. The molecule has 0 aliphatic heterocycles. The lowest BCUT2D eigenvalue weighted by atomic mass is 10.1. The molecule has 8 heteroatoms. The van der Waals surface area contributed by atoms with Crippen molar-refractivity contribution in [1.29, 1.82) is 0 Å². The molecular weight excluding hydrogens is 332 g/mol. The Labute approximate surface area is 121 Å². The fourth-order valence-electron chi connectivity index (χ4n) is 1.47. The van der Waals surface area contributed by atoms with E-state index in [4.69, 9.17) is 9.84 Å². The summed E-state index contributed by atoms with van der Waals surface area (Å²) in [4.78, 5) is 24.9. The summed E-state index contributed by atoms with van der Waals surface area (Å²) in [7, 11) is 0. The number of nitro groups is 1. The number of nitro benzene ring substituents is 1. The molecule has 0 unspecified atom stereocenters. The summed E-state index contributed by atoms with van der Waals surface area (Å²) < 4.78 is 5.97. The molecular formula is C12H7BrN2O5. The number of hydrogen-bond acceptors (Lipinski definition) is 5. The third-order valence-electron chi connectivity index (χ3n) is 2.33. The van der Waals surface area contributed by atoms with Crippen LogP contribution in [0.3, 0.4) is 0 Å². The lowest BCUT2D eigenvalue weighted by Gasteiger charge is -2.07. The minimum absolute atomic E-state index is 0.146. The molecule has 0 aliphatic rings. The first-order valence-corrected chi connectivity index (χ1v) is 6.08. The summed E-state index contributed by atoms with van der Waals surface area (Å²) in [5.74, 6) is -1.02. The van der Waals surface area contributed by atoms with Gasteiger partial charge in [-0.15, -0.1) is 0 Å². The maximum absolute atomic E-state index is 11.0. The maximum atomic E-state index is 11.0. The second kappa shape index (κ2) is 5.66. The molecule has 1 N–H and O–H groups in total. The zero-order valence-corrected chi connectivity index (χ0v) is 11.4. The normalized spacial score (nSPS) is 10.1. The van der Waals surface area contributed by atoms with Crippen molar-refractivity contribution in [2.75, 3.05) is 0 Å². The van der Waals surface area contributed by atoms with Crippen molar-refractivity contribution in [3.8, 4) is 11.6 Å². The van der Waals surface area contributed by atoms with Crippen LogP contribution in [0.2, 0.25) is 0 Å². The Kier molecular flexibility index (Phi) is 3.94. The van der Waals surface area contributed by atoms with E-state index >= 15 is 0 Å². The lowest BCUT2D eigenvalue weighted by molar-refractivity contribution is -0.385. The van der Waals surface area contributed by atoms with Gasteiger partial charge in [0.2, 0.25) is 5.88 Å². The van der Waals surface area contributed by atoms with Gasteiger partial charge in [0.05, 0.1) is 9.40 Å². The molecule has 0 radical (unpaired) electrons. The predicted molar refractivity (Wildman–Crippen MR) is 72.1 cm³/mol. The number of halogens is 1.